The Hall–Kier alpha value is -2.09. The number of para-hydroxylation sites is 1. The highest BCUT2D eigenvalue weighted by Crippen LogP contribution is 2.28. The molecule has 0 aliphatic rings. The second kappa shape index (κ2) is 6.35. The molecular formula is C20H25NO. The molecule has 0 fully saturated rings. The van der Waals surface area contributed by atoms with Crippen LogP contribution in [0.4, 0.5) is 5.69 Å². The van der Waals surface area contributed by atoms with E-state index in [1.807, 2.05) is 12.3 Å². The molecule has 0 aromatic heterocycles. The molecular weight excluding hydrogens is 270 g/mol. The zero-order valence-corrected chi connectivity index (χ0v) is 14.4. The number of hydrogen-bond acceptors (Lipinski definition) is 2. The number of aryl methyl sites for hydroxylation is 2. The van der Waals surface area contributed by atoms with Crippen molar-refractivity contribution in [1.82, 2.24) is 0 Å². The van der Waals surface area contributed by atoms with Gasteiger partial charge in [-0.2, -0.15) is 0 Å². The number of hydrogen-bond donors (Lipinski definition) is 0. The fraction of sp³-hybridized carbons (Fsp3) is 0.350. The van der Waals surface area contributed by atoms with E-state index >= 15 is 0 Å². The van der Waals surface area contributed by atoms with Crippen molar-refractivity contribution in [3.8, 4) is 5.75 Å². The molecule has 2 aromatic carbocycles. The molecule has 2 aromatic rings. The average molecular weight is 295 g/mol. The van der Waals surface area contributed by atoms with Crippen LogP contribution in [0.1, 0.15) is 43.0 Å². The Kier molecular flexibility index (Phi) is 4.70. The third-order valence-electron chi connectivity index (χ3n) is 3.81. The van der Waals surface area contributed by atoms with Crippen LogP contribution in [0.25, 0.3) is 0 Å². The molecule has 0 atom stereocenters. The van der Waals surface area contributed by atoms with E-state index in [-0.39, 0.29) is 5.41 Å². The summed E-state index contributed by atoms with van der Waals surface area (Å²) in [4.78, 5) is 4.69. The summed E-state index contributed by atoms with van der Waals surface area (Å²) in [5.74, 6) is 0.871. The van der Waals surface area contributed by atoms with Crippen LogP contribution in [0.15, 0.2) is 41.4 Å². The molecule has 22 heavy (non-hydrogen) atoms. The fourth-order valence-electron chi connectivity index (χ4n) is 2.40. The summed E-state index contributed by atoms with van der Waals surface area (Å²) in [7, 11) is 1.70. The highest BCUT2D eigenvalue weighted by Gasteiger charge is 2.15. The van der Waals surface area contributed by atoms with Crippen LogP contribution in [0, 0.1) is 13.8 Å². The molecule has 0 radical (unpaired) electrons. The topological polar surface area (TPSA) is 21.6 Å². The molecule has 2 rings (SSSR count). The van der Waals surface area contributed by atoms with Crippen molar-refractivity contribution < 1.29 is 4.74 Å². The molecule has 116 valence electrons. The second-order valence-corrected chi connectivity index (χ2v) is 6.74. The number of rotatable bonds is 3. The Morgan fingerprint density at radius 1 is 1.00 bits per heavy atom. The highest BCUT2D eigenvalue weighted by atomic mass is 16.5. The minimum atomic E-state index is 0.0791. The van der Waals surface area contributed by atoms with Gasteiger partial charge in [-0.05, 0) is 59.7 Å². The summed E-state index contributed by atoms with van der Waals surface area (Å²) in [5, 5.41) is 0. The molecule has 2 nitrogen and oxygen atoms in total. The van der Waals surface area contributed by atoms with Gasteiger partial charge in [0, 0.05) is 6.21 Å². The van der Waals surface area contributed by atoms with E-state index < -0.39 is 0 Å². The first kappa shape index (κ1) is 16.3. The average Bonchev–Trinajstić information content (AvgIpc) is 2.45. The van der Waals surface area contributed by atoms with Gasteiger partial charge in [0.05, 0.1) is 12.8 Å². The van der Waals surface area contributed by atoms with Crippen molar-refractivity contribution in [2.45, 2.75) is 40.0 Å². The summed E-state index contributed by atoms with van der Waals surface area (Å²) in [6.07, 6.45) is 1.92. The normalized spacial score (nSPS) is 11.9. The first-order valence-corrected chi connectivity index (χ1v) is 7.61. The lowest BCUT2D eigenvalue weighted by Gasteiger charge is -2.20. The Morgan fingerprint density at radius 3 is 2.18 bits per heavy atom. The molecule has 0 aliphatic heterocycles. The van der Waals surface area contributed by atoms with Crippen LogP contribution in [-0.2, 0) is 5.41 Å². The minimum absolute atomic E-state index is 0.0791. The minimum Gasteiger partial charge on any atom is -0.497 e. The van der Waals surface area contributed by atoms with Crippen molar-refractivity contribution in [3.05, 3.63) is 58.7 Å². The van der Waals surface area contributed by atoms with Crippen LogP contribution in [0.3, 0.4) is 0 Å². The van der Waals surface area contributed by atoms with Gasteiger partial charge in [-0.25, -0.2) is 0 Å². The molecule has 0 saturated carbocycles. The fourth-order valence-corrected chi connectivity index (χ4v) is 2.40. The smallest absolute Gasteiger partial charge is 0.119 e. The van der Waals surface area contributed by atoms with E-state index in [0.717, 1.165) is 17.0 Å². The van der Waals surface area contributed by atoms with Crippen LogP contribution in [0.2, 0.25) is 0 Å². The van der Waals surface area contributed by atoms with Gasteiger partial charge in [0.1, 0.15) is 5.75 Å². The van der Waals surface area contributed by atoms with Gasteiger partial charge in [-0.15, -0.1) is 0 Å². The third-order valence-corrected chi connectivity index (χ3v) is 3.81. The quantitative estimate of drug-likeness (QED) is 0.698. The van der Waals surface area contributed by atoms with Gasteiger partial charge in [0.25, 0.3) is 0 Å². The van der Waals surface area contributed by atoms with Gasteiger partial charge in [-0.3, -0.25) is 4.99 Å². The lowest BCUT2D eigenvalue weighted by molar-refractivity contribution is 0.412. The first-order chi connectivity index (χ1) is 10.3. The van der Waals surface area contributed by atoms with Crippen molar-refractivity contribution in [2.24, 2.45) is 4.99 Å². The zero-order chi connectivity index (χ0) is 16.3. The number of aliphatic imine (C=N–C) groups is 1. The third kappa shape index (κ3) is 3.76. The Labute approximate surface area is 133 Å². The monoisotopic (exact) mass is 295 g/mol. The van der Waals surface area contributed by atoms with Gasteiger partial charge >= 0.3 is 0 Å². The van der Waals surface area contributed by atoms with Crippen molar-refractivity contribution in [3.63, 3.8) is 0 Å². The van der Waals surface area contributed by atoms with Crippen LogP contribution in [0.5, 0.6) is 5.75 Å². The summed E-state index contributed by atoms with van der Waals surface area (Å²) < 4.78 is 5.43. The van der Waals surface area contributed by atoms with E-state index in [9.17, 15) is 0 Å². The Morgan fingerprint density at radius 2 is 1.64 bits per heavy atom. The summed E-state index contributed by atoms with van der Waals surface area (Å²) in [6, 6.07) is 12.5. The maximum atomic E-state index is 5.43. The number of nitrogens with zero attached hydrogens (tertiary/aromatic N) is 1. The van der Waals surface area contributed by atoms with Crippen molar-refractivity contribution in [2.75, 3.05) is 7.11 Å². The van der Waals surface area contributed by atoms with E-state index in [2.05, 4.69) is 65.0 Å². The number of methoxy groups -OCH3 is 1. The maximum absolute atomic E-state index is 5.43. The molecule has 0 aliphatic carbocycles. The molecule has 0 bridgehead atoms. The van der Waals surface area contributed by atoms with Crippen LogP contribution >= 0.6 is 0 Å². The number of benzene rings is 2. The second-order valence-electron chi connectivity index (χ2n) is 6.74. The molecule has 0 N–H and O–H groups in total. The highest BCUT2D eigenvalue weighted by molar-refractivity contribution is 5.83. The molecule has 0 unspecified atom stereocenters. The standard InChI is InChI=1S/C20H25NO/c1-14-8-7-9-15(2)19(14)21-13-16-10-17(20(3,4)5)12-18(11-16)22-6/h7-13H,1-6H3. The van der Waals surface area contributed by atoms with Gasteiger partial charge in [0.15, 0.2) is 0 Å². The molecule has 0 amide bonds. The molecule has 0 spiro atoms. The largest absolute Gasteiger partial charge is 0.497 e. The summed E-state index contributed by atoms with van der Waals surface area (Å²) in [6.45, 7) is 10.8. The van der Waals surface area contributed by atoms with E-state index in [1.165, 1.54) is 16.7 Å². The molecule has 2 heteroatoms. The molecule has 0 saturated heterocycles. The summed E-state index contributed by atoms with van der Waals surface area (Å²) in [5.41, 5.74) is 5.81. The lowest BCUT2D eigenvalue weighted by Crippen LogP contribution is -2.11. The Balaban J connectivity index is 2.43. The van der Waals surface area contributed by atoms with Crippen molar-refractivity contribution in [1.29, 1.82) is 0 Å². The van der Waals surface area contributed by atoms with Gasteiger partial charge < -0.3 is 4.74 Å². The van der Waals surface area contributed by atoms with E-state index in [1.54, 1.807) is 7.11 Å². The lowest BCUT2D eigenvalue weighted by atomic mass is 9.86. The first-order valence-electron chi connectivity index (χ1n) is 7.61. The van der Waals surface area contributed by atoms with E-state index in [0.29, 0.717) is 0 Å². The molecule has 0 heterocycles. The summed E-state index contributed by atoms with van der Waals surface area (Å²) >= 11 is 0. The van der Waals surface area contributed by atoms with Crippen LogP contribution < -0.4 is 4.74 Å². The Bertz CT molecular complexity index is 673. The number of ether oxygens (including phenoxy) is 1. The SMILES string of the molecule is COc1cc(C=Nc2c(C)cccc2C)cc(C(C)(C)C)c1. The van der Waals surface area contributed by atoms with Gasteiger partial charge in [-0.1, -0.05) is 39.0 Å². The van der Waals surface area contributed by atoms with Crippen molar-refractivity contribution >= 4 is 11.9 Å². The predicted octanol–water partition coefficient (Wildman–Crippen LogP) is 5.36. The van der Waals surface area contributed by atoms with Crippen LogP contribution in [-0.4, -0.2) is 13.3 Å². The maximum Gasteiger partial charge on any atom is 0.119 e. The zero-order valence-electron chi connectivity index (χ0n) is 14.4. The van der Waals surface area contributed by atoms with Gasteiger partial charge in [0.2, 0.25) is 0 Å². The van der Waals surface area contributed by atoms with E-state index in [4.69, 9.17) is 9.73 Å². The predicted molar refractivity (Wildman–Crippen MR) is 94.9 cm³/mol.